The topological polar surface area (TPSA) is 107 Å². The highest BCUT2D eigenvalue weighted by Gasteiger charge is 2.45. The number of thiophene rings is 1. The van der Waals surface area contributed by atoms with Crippen molar-refractivity contribution in [2.75, 3.05) is 12.8 Å². The third-order valence-corrected chi connectivity index (χ3v) is 7.77. The zero-order chi connectivity index (χ0) is 26.5. The molecule has 4 heterocycles. The van der Waals surface area contributed by atoms with E-state index in [1.165, 1.54) is 30.6 Å². The lowest BCUT2D eigenvalue weighted by Gasteiger charge is -2.26. The summed E-state index contributed by atoms with van der Waals surface area (Å²) < 4.78 is 19.5. The number of nitrogens with two attached hydrogens (primary N) is 1. The van der Waals surface area contributed by atoms with Crippen LogP contribution in [-0.4, -0.2) is 29.0 Å². The van der Waals surface area contributed by atoms with E-state index in [9.17, 15) is 14.0 Å². The minimum absolute atomic E-state index is 0.192. The van der Waals surface area contributed by atoms with E-state index < -0.39 is 11.5 Å². The minimum atomic E-state index is -0.864. The molecule has 0 saturated carbocycles. The Morgan fingerprint density at radius 1 is 1.22 bits per heavy atom. The number of nitrogens with zero attached hydrogens (tertiary/aromatic N) is 2. The van der Waals surface area contributed by atoms with Gasteiger partial charge in [0.05, 0.1) is 39.9 Å². The van der Waals surface area contributed by atoms with Crippen LogP contribution < -0.4 is 11.1 Å². The van der Waals surface area contributed by atoms with E-state index in [0.717, 1.165) is 15.6 Å². The van der Waals surface area contributed by atoms with Crippen molar-refractivity contribution < 1.29 is 18.7 Å². The number of methoxy groups -OCH3 is 1. The van der Waals surface area contributed by atoms with Crippen molar-refractivity contribution in [3.63, 3.8) is 0 Å². The molecule has 9 heteroatoms. The van der Waals surface area contributed by atoms with Gasteiger partial charge in [0.25, 0.3) is 5.91 Å². The summed E-state index contributed by atoms with van der Waals surface area (Å²) in [5.41, 5.74) is 8.38. The number of ether oxygens (including phenoxy) is 1. The summed E-state index contributed by atoms with van der Waals surface area (Å²) in [6, 6.07) is 9.96. The van der Waals surface area contributed by atoms with Crippen LogP contribution in [0, 0.1) is 11.7 Å². The number of fused-ring (bicyclic) bond motifs is 2. The van der Waals surface area contributed by atoms with Gasteiger partial charge < -0.3 is 15.8 Å². The Kier molecular flexibility index (Phi) is 6.19. The van der Waals surface area contributed by atoms with E-state index in [2.05, 4.69) is 10.3 Å². The molecule has 0 fully saturated rings. The Morgan fingerprint density at radius 2 is 1.95 bits per heavy atom. The number of halogens is 1. The Balaban J connectivity index is 1.81. The van der Waals surface area contributed by atoms with Crippen molar-refractivity contribution in [2.24, 2.45) is 5.92 Å². The van der Waals surface area contributed by atoms with E-state index in [1.807, 2.05) is 32.9 Å². The van der Waals surface area contributed by atoms with Crippen LogP contribution in [0.4, 0.5) is 10.2 Å². The maximum Gasteiger partial charge on any atom is 0.340 e. The fraction of sp³-hybridized carbons (Fsp3) is 0.286. The molecule has 4 aromatic rings. The largest absolute Gasteiger partial charge is 0.465 e. The molecule has 5 rings (SSSR count). The molecule has 3 N–H and O–H groups in total. The average molecular weight is 519 g/mol. The lowest BCUT2D eigenvalue weighted by molar-refractivity contribution is 0.0599. The third kappa shape index (κ3) is 4.33. The zero-order valence-corrected chi connectivity index (χ0v) is 21.8. The maximum atomic E-state index is 13.6. The van der Waals surface area contributed by atoms with E-state index in [0.29, 0.717) is 46.1 Å². The fourth-order valence-corrected chi connectivity index (χ4v) is 6.09. The van der Waals surface area contributed by atoms with Crippen LogP contribution in [0.15, 0.2) is 42.6 Å². The Labute approximate surface area is 217 Å². The standard InChI is InChI=1S/C28H27FN4O3S/c1-14(2)11-18-20(27(35)36-4)21(19-12-16-9-10-31-25(30)23(16)37-19)22-24(32-18)28(3,33-26(22)34)13-15-5-7-17(29)8-6-15/h5-10,12,14H,11,13H2,1-4H3,(H2,30,31)(H,33,34)/t28-/m0/s1. The van der Waals surface area contributed by atoms with Crippen LogP contribution in [0.5, 0.6) is 0 Å². The van der Waals surface area contributed by atoms with Crippen LogP contribution in [0.25, 0.3) is 20.5 Å². The predicted octanol–water partition coefficient (Wildman–Crippen LogP) is 5.27. The second kappa shape index (κ2) is 9.23. The number of amides is 1. The molecule has 1 aliphatic rings. The minimum Gasteiger partial charge on any atom is -0.465 e. The maximum absolute atomic E-state index is 13.6. The number of rotatable bonds is 6. The highest BCUT2D eigenvalue weighted by molar-refractivity contribution is 7.22. The summed E-state index contributed by atoms with van der Waals surface area (Å²) in [5.74, 6) is -0.633. The molecule has 3 aromatic heterocycles. The number of nitrogen functional groups attached to an aromatic ring is 1. The Morgan fingerprint density at radius 3 is 2.59 bits per heavy atom. The second-order valence-electron chi connectivity index (χ2n) is 9.94. The Bertz CT molecular complexity index is 1550. The lowest BCUT2D eigenvalue weighted by atomic mass is 9.86. The first-order valence-corrected chi connectivity index (χ1v) is 12.8. The van der Waals surface area contributed by atoms with Gasteiger partial charge in [-0.05, 0) is 54.5 Å². The van der Waals surface area contributed by atoms with Gasteiger partial charge in [0.15, 0.2) is 0 Å². The van der Waals surface area contributed by atoms with E-state index in [1.54, 1.807) is 18.3 Å². The molecule has 190 valence electrons. The van der Waals surface area contributed by atoms with Gasteiger partial charge in [-0.2, -0.15) is 0 Å². The number of anilines is 1. The molecule has 7 nitrogen and oxygen atoms in total. The summed E-state index contributed by atoms with van der Waals surface area (Å²) >= 11 is 1.38. The third-order valence-electron chi connectivity index (χ3n) is 6.58. The van der Waals surface area contributed by atoms with Gasteiger partial charge in [0.2, 0.25) is 0 Å². The number of nitrogens with one attached hydrogen (secondary N) is 1. The number of carbonyl (C=O) groups excluding carboxylic acids is 2. The molecule has 0 aliphatic carbocycles. The molecular weight excluding hydrogens is 491 g/mol. The van der Waals surface area contributed by atoms with E-state index in [4.69, 9.17) is 15.5 Å². The lowest BCUT2D eigenvalue weighted by Crippen LogP contribution is -2.39. The van der Waals surface area contributed by atoms with Crippen LogP contribution >= 0.6 is 11.3 Å². The number of esters is 1. The fourth-order valence-electron chi connectivity index (χ4n) is 4.98. The zero-order valence-electron chi connectivity index (χ0n) is 21.0. The second-order valence-corrected chi connectivity index (χ2v) is 11.0. The van der Waals surface area contributed by atoms with Crippen LogP contribution in [0.2, 0.25) is 0 Å². The Hall–Kier alpha value is -3.85. The summed E-state index contributed by atoms with van der Waals surface area (Å²) in [6.45, 7) is 5.99. The molecule has 1 aromatic carbocycles. The molecular formula is C28H27FN4O3S. The van der Waals surface area contributed by atoms with Crippen molar-refractivity contribution >= 4 is 39.1 Å². The highest BCUT2D eigenvalue weighted by Crippen LogP contribution is 2.45. The number of benzene rings is 1. The first-order valence-electron chi connectivity index (χ1n) is 12.0. The number of hydrogen-bond donors (Lipinski definition) is 2. The molecule has 0 spiro atoms. The molecule has 0 saturated heterocycles. The average Bonchev–Trinajstić information content (AvgIpc) is 3.39. The van der Waals surface area contributed by atoms with Crippen LogP contribution in [0.3, 0.4) is 0 Å². The summed E-state index contributed by atoms with van der Waals surface area (Å²) in [7, 11) is 1.32. The van der Waals surface area contributed by atoms with Crippen molar-refractivity contribution in [3.8, 4) is 10.4 Å². The van der Waals surface area contributed by atoms with Crippen LogP contribution in [-0.2, 0) is 23.1 Å². The van der Waals surface area contributed by atoms with Crippen molar-refractivity contribution in [1.29, 1.82) is 0 Å². The van der Waals surface area contributed by atoms with Crippen molar-refractivity contribution in [1.82, 2.24) is 15.3 Å². The van der Waals surface area contributed by atoms with Gasteiger partial charge in [-0.25, -0.2) is 14.2 Å². The number of carbonyl (C=O) groups is 2. The smallest absolute Gasteiger partial charge is 0.340 e. The normalized spacial score (nSPS) is 16.8. The van der Waals surface area contributed by atoms with E-state index >= 15 is 0 Å². The number of aromatic nitrogens is 2. The van der Waals surface area contributed by atoms with Gasteiger partial charge in [-0.3, -0.25) is 9.78 Å². The molecule has 0 unspecified atom stereocenters. The number of pyridine rings is 2. The van der Waals surface area contributed by atoms with Crippen molar-refractivity contribution in [3.05, 3.63) is 76.5 Å². The predicted molar refractivity (Wildman–Crippen MR) is 142 cm³/mol. The first-order chi connectivity index (χ1) is 17.6. The van der Waals surface area contributed by atoms with E-state index in [-0.39, 0.29) is 23.2 Å². The van der Waals surface area contributed by atoms with Gasteiger partial charge >= 0.3 is 5.97 Å². The monoisotopic (exact) mass is 518 g/mol. The van der Waals surface area contributed by atoms with Gasteiger partial charge in [-0.1, -0.05) is 26.0 Å². The molecule has 0 bridgehead atoms. The van der Waals surface area contributed by atoms with Gasteiger partial charge in [0.1, 0.15) is 11.6 Å². The van der Waals surface area contributed by atoms with Gasteiger partial charge in [0, 0.05) is 23.1 Å². The van der Waals surface area contributed by atoms with Crippen LogP contribution in [0.1, 0.15) is 58.4 Å². The summed E-state index contributed by atoms with van der Waals surface area (Å²) in [4.78, 5) is 36.7. The first kappa shape index (κ1) is 24.8. The quantitative estimate of drug-likeness (QED) is 0.337. The highest BCUT2D eigenvalue weighted by atomic mass is 32.1. The molecule has 1 atom stereocenters. The summed E-state index contributed by atoms with van der Waals surface area (Å²) in [5, 5.41) is 3.97. The van der Waals surface area contributed by atoms with Gasteiger partial charge in [-0.15, -0.1) is 11.3 Å². The molecule has 0 radical (unpaired) electrons. The van der Waals surface area contributed by atoms with Crippen molar-refractivity contribution in [2.45, 2.75) is 39.2 Å². The SMILES string of the molecule is COC(=O)c1c(CC(C)C)nc2c(c1-c1cc3ccnc(N)c3s1)C(=O)N[C@@]2(C)Cc1ccc(F)cc1. The molecule has 1 amide bonds. The number of hydrogen-bond acceptors (Lipinski definition) is 7. The summed E-state index contributed by atoms with van der Waals surface area (Å²) in [6.07, 6.45) is 2.55. The molecule has 37 heavy (non-hydrogen) atoms. The molecule has 1 aliphatic heterocycles.